The molecule has 1 saturated heterocycles. The molecule has 0 aliphatic carbocycles. The fourth-order valence-electron chi connectivity index (χ4n) is 2.41. The second-order valence-corrected chi connectivity index (χ2v) is 6.91. The van der Waals surface area contributed by atoms with Gasteiger partial charge in [0.15, 0.2) is 27.5 Å². The third-order valence-electron chi connectivity index (χ3n) is 3.66. The Kier molecular flexibility index (Phi) is 5.24. The van der Waals surface area contributed by atoms with Crippen LogP contribution in [0.1, 0.15) is 5.56 Å². The van der Waals surface area contributed by atoms with Crippen LogP contribution in [-0.2, 0) is 4.79 Å². The summed E-state index contributed by atoms with van der Waals surface area (Å²) in [5, 5.41) is 0. The smallest absolute Gasteiger partial charge is 0.270 e. The van der Waals surface area contributed by atoms with Crippen molar-refractivity contribution in [3.63, 3.8) is 0 Å². The molecule has 1 heterocycles. The number of methoxy groups -OCH3 is 2. The lowest BCUT2D eigenvalue weighted by Crippen LogP contribution is -2.27. The second kappa shape index (κ2) is 7.43. The Morgan fingerprint density at radius 2 is 1.77 bits per heavy atom. The predicted octanol–water partition coefficient (Wildman–Crippen LogP) is 4.39. The van der Waals surface area contributed by atoms with Crippen LogP contribution < -0.4 is 14.4 Å². The lowest BCUT2D eigenvalue weighted by molar-refractivity contribution is -0.113. The minimum Gasteiger partial charge on any atom is -0.493 e. The first kappa shape index (κ1) is 18.3. The van der Waals surface area contributed by atoms with Gasteiger partial charge < -0.3 is 9.47 Å². The maximum atomic E-state index is 13.5. The number of carbonyl (C=O) groups excluding carboxylic acids is 1. The molecule has 2 aromatic rings. The van der Waals surface area contributed by atoms with Gasteiger partial charge in [-0.2, -0.15) is 0 Å². The maximum absolute atomic E-state index is 13.5. The number of hydrogen-bond donors (Lipinski definition) is 0. The van der Waals surface area contributed by atoms with E-state index in [9.17, 15) is 13.6 Å². The van der Waals surface area contributed by atoms with E-state index >= 15 is 0 Å². The van der Waals surface area contributed by atoms with E-state index < -0.39 is 17.5 Å². The van der Waals surface area contributed by atoms with E-state index in [-0.39, 0.29) is 10.0 Å². The molecule has 0 spiro atoms. The Balaban J connectivity index is 1.93. The van der Waals surface area contributed by atoms with Crippen LogP contribution in [0.2, 0.25) is 0 Å². The van der Waals surface area contributed by atoms with Gasteiger partial charge in [-0.15, -0.1) is 0 Å². The molecule has 0 radical (unpaired) electrons. The van der Waals surface area contributed by atoms with Crippen molar-refractivity contribution >= 4 is 46.0 Å². The minimum absolute atomic E-state index is 0.183. The number of thiocarbonyl (C=S) groups is 1. The number of carbonyl (C=O) groups is 1. The van der Waals surface area contributed by atoms with Crippen molar-refractivity contribution in [3.05, 3.63) is 58.5 Å². The van der Waals surface area contributed by atoms with Crippen molar-refractivity contribution in [2.24, 2.45) is 0 Å². The number of anilines is 1. The monoisotopic (exact) mass is 393 g/mol. The highest BCUT2D eigenvalue weighted by molar-refractivity contribution is 8.27. The van der Waals surface area contributed by atoms with E-state index in [1.807, 2.05) is 0 Å². The topological polar surface area (TPSA) is 38.8 Å². The Morgan fingerprint density at radius 3 is 2.42 bits per heavy atom. The van der Waals surface area contributed by atoms with E-state index in [0.717, 1.165) is 23.9 Å². The summed E-state index contributed by atoms with van der Waals surface area (Å²) in [5.41, 5.74) is 0.899. The van der Waals surface area contributed by atoms with Crippen molar-refractivity contribution in [2.75, 3.05) is 19.1 Å². The molecular weight excluding hydrogens is 380 g/mol. The molecule has 0 unspecified atom stereocenters. The van der Waals surface area contributed by atoms with Gasteiger partial charge in [-0.25, -0.2) is 8.78 Å². The molecule has 26 heavy (non-hydrogen) atoms. The molecule has 134 valence electrons. The Bertz CT molecular complexity index is 931. The van der Waals surface area contributed by atoms with Crippen molar-refractivity contribution < 1.29 is 23.0 Å². The quantitative estimate of drug-likeness (QED) is 0.569. The van der Waals surface area contributed by atoms with E-state index in [0.29, 0.717) is 22.0 Å². The molecule has 0 atom stereocenters. The molecule has 0 aromatic heterocycles. The highest BCUT2D eigenvalue weighted by atomic mass is 32.2. The zero-order valence-corrected chi connectivity index (χ0v) is 15.4. The van der Waals surface area contributed by atoms with E-state index in [1.165, 1.54) is 25.2 Å². The number of benzene rings is 2. The predicted molar refractivity (Wildman–Crippen MR) is 102 cm³/mol. The molecule has 1 aliphatic rings. The third kappa shape index (κ3) is 3.42. The number of halogens is 2. The van der Waals surface area contributed by atoms with Crippen molar-refractivity contribution in [1.82, 2.24) is 0 Å². The number of rotatable bonds is 4. The van der Waals surface area contributed by atoms with Crippen LogP contribution in [0.25, 0.3) is 6.08 Å². The summed E-state index contributed by atoms with van der Waals surface area (Å²) in [5.74, 6) is -1.34. The molecule has 0 saturated carbocycles. The molecule has 1 fully saturated rings. The van der Waals surface area contributed by atoms with Crippen LogP contribution in [0.3, 0.4) is 0 Å². The van der Waals surface area contributed by atoms with Crippen LogP contribution in [-0.4, -0.2) is 24.4 Å². The molecule has 1 amide bonds. The van der Waals surface area contributed by atoms with Gasteiger partial charge in [-0.05, 0) is 35.9 Å². The number of ether oxygens (including phenoxy) is 2. The van der Waals surface area contributed by atoms with Gasteiger partial charge in [-0.1, -0.05) is 30.0 Å². The molecule has 4 nitrogen and oxygen atoms in total. The average Bonchev–Trinajstić information content (AvgIpc) is 2.91. The lowest BCUT2D eigenvalue weighted by atomic mass is 10.2. The Hall–Kier alpha value is -2.45. The standard InChI is InChI=1S/C18H13F2NO3S2/c1-23-14-6-3-10(7-15(14)24-2)8-16-17(22)21(18(25)26-16)11-4-5-12(19)13(20)9-11/h3-9H,1-2H3/b16-8-. The van der Waals surface area contributed by atoms with Gasteiger partial charge in [0.2, 0.25) is 0 Å². The second-order valence-electron chi connectivity index (χ2n) is 5.23. The summed E-state index contributed by atoms with van der Waals surface area (Å²) in [7, 11) is 3.05. The van der Waals surface area contributed by atoms with Crippen LogP contribution in [0.4, 0.5) is 14.5 Å². The number of amides is 1. The molecular formula is C18H13F2NO3S2. The number of hydrogen-bond acceptors (Lipinski definition) is 5. The Morgan fingerprint density at radius 1 is 1.04 bits per heavy atom. The molecule has 1 aliphatic heterocycles. The summed E-state index contributed by atoms with van der Waals surface area (Å²) in [6, 6.07) is 8.43. The first-order valence-electron chi connectivity index (χ1n) is 7.39. The third-order valence-corrected chi connectivity index (χ3v) is 4.96. The van der Waals surface area contributed by atoms with E-state index in [2.05, 4.69) is 0 Å². The highest BCUT2D eigenvalue weighted by Crippen LogP contribution is 2.37. The average molecular weight is 393 g/mol. The molecule has 0 N–H and O–H groups in total. The maximum Gasteiger partial charge on any atom is 0.270 e. The van der Waals surface area contributed by atoms with Crippen LogP contribution in [0.5, 0.6) is 11.5 Å². The zero-order chi connectivity index (χ0) is 18.8. The summed E-state index contributed by atoms with van der Waals surface area (Å²) in [6.45, 7) is 0. The van der Waals surface area contributed by atoms with Gasteiger partial charge >= 0.3 is 0 Å². The van der Waals surface area contributed by atoms with Gasteiger partial charge in [0, 0.05) is 6.07 Å². The fourth-order valence-corrected chi connectivity index (χ4v) is 3.71. The summed E-state index contributed by atoms with van der Waals surface area (Å²) in [6.07, 6.45) is 1.65. The molecule has 0 bridgehead atoms. The van der Waals surface area contributed by atoms with Gasteiger partial charge in [0.1, 0.15) is 0 Å². The van der Waals surface area contributed by atoms with Crippen molar-refractivity contribution in [1.29, 1.82) is 0 Å². The minimum atomic E-state index is -1.04. The van der Waals surface area contributed by atoms with Gasteiger partial charge in [0.05, 0.1) is 24.8 Å². The first-order valence-corrected chi connectivity index (χ1v) is 8.62. The highest BCUT2D eigenvalue weighted by Gasteiger charge is 2.33. The molecule has 8 heteroatoms. The van der Waals surface area contributed by atoms with Gasteiger partial charge in [-0.3, -0.25) is 9.69 Å². The first-order chi connectivity index (χ1) is 12.4. The summed E-state index contributed by atoms with van der Waals surface area (Å²) in [4.78, 5) is 14.2. The fraction of sp³-hybridized carbons (Fsp3) is 0.111. The van der Waals surface area contributed by atoms with Crippen molar-refractivity contribution in [2.45, 2.75) is 0 Å². The summed E-state index contributed by atoms with van der Waals surface area (Å²) >= 11 is 6.31. The molecule has 3 rings (SSSR count). The number of thioether (sulfide) groups is 1. The van der Waals surface area contributed by atoms with Crippen molar-refractivity contribution in [3.8, 4) is 11.5 Å². The normalized spacial score (nSPS) is 15.7. The van der Waals surface area contributed by atoms with Crippen LogP contribution in [0, 0.1) is 11.6 Å². The number of nitrogens with zero attached hydrogens (tertiary/aromatic N) is 1. The molecule has 2 aromatic carbocycles. The Labute approximate surface area is 158 Å². The lowest BCUT2D eigenvalue weighted by Gasteiger charge is -2.14. The van der Waals surface area contributed by atoms with E-state index in [1.54, 1.807) is 24.3 Å². The summed E-state index contributed by atoms with van der Waals surface area (Å²) < 4.78 is 37.3. The zero-order valence-electron chi connectivity index (χ0n) is 13.8. The largest absolute Gasteiger partial charge is 0.493 e. The SMILES string of the molecule is COc1ccc(/C=C2\SC(=S)N(c3ccc(F)c(F)c3)C2=O)cc1OC. The van der Waals surface area contributed by atoms with Crippen LogP contribution in [0.15, 0.2) is 41.3 Å². The van der Waals surface area contributed by atoms with E-state index in [4.69, 9.17) is 21.7 Å². The van der Waals surface area contributed by atoms with Crippen LogP contribution >= 0.6 is 24.0 Å². The van der Waals surface area contributed by atoms with Gasteiger partial charge in [0.25, 0.3) is 5.91 Å².